The largest absolute Gasteiger partial charge is 0.366 e. The van der Waals surface area contributed by atoms with Crippen LogP contribution in [0.4, 0.5) is 0 Å². The first-order chi connectivity index (χ1) is 6.66. The maximum Gasteiger partial charge on any atom is 0.128 e. The minimum Gasteiger partial charge on any atom is -0.366 e. The van der Waals surface area contributed by atoms with Gasteiger partial charge in [-0.2, -0.15) is 0 Å². The number of aliphatic imine (C=N–C) groups is 1. The molecule has 1 aliphatic rings. The van der Waals surface area contributed by atoms with Crippen molar-refractivity contribution in [1.29, 1.82) is 0 Å². The van der Waals surface area contributed by atoms with Crippen molar-refractivity contribution in [2.45, 2.75) is 19.9 Å². The number of benzene rings is 1. The van der Waals surface area contributed by atoms with Crippen LogP contribution in [0.3, 0.4) is 0 Å². The third-order valence-corrected chi connectivity index (χ3v) is 3.21. The summed E-state index contributed by atoms with van der Waals surface area (Å²) < 4.78 is 1.14. The molecule has 1 N–H and O–H groups in total. The Hall–Kier alpha value is -0.830. The van der Waals surface area contributed by atoms with Crippen LogP contribution >= 0.6 is 15.9 Å². The van der Waals surface area contributed by atoms with Crippen LogP contribution in [-0.2, 0) is 0 Å². The van der Waals surface area contributed by atoms with Gasteiger partial charge in [0.25, 0.3) is 0 Å². The lowest BCUT2D eigenvalue weighted by Gasteiger charge is -2.07. The average Bonchev–Trinajstić information content (AvgIpc) is 2.57. The van der Waals surface area contributed by atoms with Gasteiger partial charge in [-0.25, -0.2) is 0 Å². The van der Waals surface area contributed by atoms with E-state index in [0.717, 1.165) is 22.4 Å². The van der Waals surface area contributed by atoms with Gasteiger partial charge < -0.3 is 5.32 Å². The fraction of sp³-hybridized carbons (Fsp3) is 0.364. The maximum absolute atomic E-state index is 4.44. The Labute approximate surface area is 92.6 Å². The zero-order valence-electron chi connectivity index (χ0n) is 8.34. The van der Waals surface area contributed by atoms with Crippen molar-refractivity contribution in [3.63, 3.8) is 0 Å². The third-order valence-electron chi connectivity index (χ3n) is 2.35. The van der Waals surface area contributed by atoms with Crippen LogP contribution < -0.4 is 5.32 Å². The number of hydrogen-bond acceptors (Lipinski definition) is 2. The van der Waals surface area contributed by atoms with Crippen LogP contribution in [0.5, 0.6) is 0 Å². The number of hydrogen-bond donors (Lipinski definition) is 1. The van der Waals surface area contributed by atoms with E-state index in [4.69, 9.17) is 0 Å². The number of aryl methyl sites for hydroxylation is 1. The molecule has 1 atom stereocenters. The molecule has 0 amide bonds. The zero-order chi connectivity index (χ0) is 10.1. The molecule has 0 fully saturated rings. The average molecular weight is 253 g/mol. The van der Waals surface area contributed by atoms with Crippen LogP contribution in [0.1, 0.15) is 18.1 Å². The topological polar surface area (TPSA) is 24.4 Å². The number of nitrogens with zero attached hydrogens (tertiary/aromatic N) is 1. The van der Waals surface area contributed by atoms with Gasteiger partial charge in [0.1, 0.15) is 5.84 Å². The molecule has 0 saturated heterocycles. The SMILES string of the molecule is Cc1ccc(C2=NCC(C)N2)cc1Br. The molecule has 74 valence electrons. The lowest BCUT2D eigenvalue weighted by molar-refractivity contribution is 0.726. The molecule has 0 radical (unpaired) electrons. The molecule has 0 bridgehead atoms. The Morgan fingerprint density at radius 3 is 2.86 bits per heavy atom. The number of amidine groups is 1. The highest BCUT2D eigenvalue weighted by atomic mass is 79.9. The predicted molar refractivity (Wildman–Crippen MR) is 62.9 cm³/mol. The predicted octanol–water partition coefficient (Wildman–Crippen LogP) is 2.50. The van der Waals surface area contributed by atoms with Gasteiger partial charge in [0, 0.05) is 16.1 Å². The van der Waals surface area contributed by atoms with Crippen molar-refractivity contribution in [1.82, 2.24) is 5.32 Å². The lowest BCUT2D eigenvalue weighted by Crippen LogP contribution is -2.27. The number of nitrogens with one attached hydrogen (secondary N) is 1. The zero-order valence-corrected chi connectivity index (χ0v) is 9.93. The van der Waals surface area contributed by atoms with Gasteiger partial charge in [0.05, 0.1) is 6.54 Å². The molecule has 1 unspecified atom stereocenters. The van der Waals surface area contributed by atoms with Gasteiger partial charge in [-0.1, -0.05) is 28.1 Å². The summed E-state index contributed by atoms with van der Waals surface area (Å²) in [4.78, 5) is 4.44. The van der Waals surface area contributed by atoms with E-state index in [1.807, 2.05) is 0 Å². The first kappa shape index (κ1) is 9.71. The Morgan fingerprint density at radius 1 is 1.50 bits per heavy atom. The van der Waals surface area contributed by atoms with Crippen molar-refractivity contribution >= 4 is 21.8 Å². The summed E-state index contributed by atoms with van der Waals surface area (Å²) in [5.41, 5.74) is 2.41. The van der Waals surface area contributed by atoms with Gasteiger partial charge in [-0.3, -0.25) is 4.99 Å². The molecule has 1 heterocycles. The Balaban J connectivity index is 2.30. The fourth-order valence-corrected chi connectivity index (χ4v) is 1.85. The summed E-state index contributed by atoms with van der Waals surface area (Å²) in [5.74, 6) is 1.01. The van der Waals surface area contributed by atoms with E-state index in [2.05, 4.69) is 58.3 Å². The van der Waals surface area contributed by atoms with Crippen LogP contribution in [-0.4, -0.2) is 18.4 Å². The van der Waals surface area contributed by atoms with Crippen molar-refractivity contribution < 1.29 is 0 Å². The molecule has 1 aromatic rings. The summed E-state index contributed by atoms with van der Waals surface area (Å²) in [7, 11) is 0. The molecular formula is C11H13BrN2. The fourth-order valence-electron chi connectivity index (χ4n) is 1.47. The maximum atomic E-state index is 4.44. The molecule has 0 saturated carbocycles. The smallest absolute Gasteiger partial charge is 0.128 e. The first-order valence-electron chi connectivity index (χ1n) is 4.74. The summed E-state index contributed by atoms with van der Waals surface area (Å²) in [6.07, 6.45) is 0. The quantitative estimate of drug-likeness (QED) is 0.817. The summed E-state index contributed by atoms with van der Waals surface area (Å²) in [6, 6.07) is 6.78. The van der Waals surface area contributed by atoms with Crippen LogP contribution in [0.2, 0.25) is 0 Å². The van der Waals surface area contributed by atoms with Crippen LogP contribution in [0.25, 0.3) is 0 Å². The van der Waals surface area contributed by atoms with E-state index >= 15 is 0 Å². The van der Waals surface area contributed by atoms with Crippen LogP contribution in [0.15, 0.2) is 27.7 Å². The van der Waals surface area contributed by atoms with Gasteiger partial charge in [-0.05, 0) is 25.5 Å². The monoisotopic (exact) mass is 252 g/mol. The molecule has 1 aromatic carbocycles. The summed E-state index contributed by atoms with van der Waals surface area (Å²) >= 11 is 3.53. The van der Waals surface area contributed by atoms with Gasteiger partial charge in [-0.15, -0.1) is 0 Å². The molecular weight excluding hydrogens is 240 g/mol. The molecule has 1 aliphatic heterocycles. The first-order valence-corrected chi connectivity index (χ1v) is 5.53. The molecule has 0 aromatic heterocycles. The molecule has 0 spiro atoms. The lowest BCUT2D eigenvalue weighted by atomic mass is 10.1. The van der Waals surface area contributed by atoms with Crippen molar-refractivity contribution in [2.24, 2.45) is 4.99 Å². The minimum atomic E-state index is 0.463. The van der Waals surface area contributed by atoms with Gasteiger partial charge in [0.15, 0.2) is 0 Å². The second kappa shape index (κ2) is 3.73. The standard InChI is InChI=1S/C11H13BrN2/c1-7-3-4-9(5-10(7)12)11-13-6-8(2)14-11/h3-5,8H,6H2,1-2H3,(H,13,14). The normalized spacial score (nSPS) is 20.5. The van der Waals surface area contributed by atoms with Crippen LogP contribution in [0, 0.1) is 6.92 Å². The van der Waals surface area contributed by atoms with Crippen molar-refractivity contribution in [2.75, 3.05) is 6.54 Å². The molecule has 2 nitrogen and oxygen atoms in total. The van der Waals surface area contributed by atoms with E-state index in [0.29, 0.717) is 6.04 Å². The minimum absolute atomic E-state index is 0.463. The van der Waals surface area contributed by atoms with Crippen molar-refractivity contribution in [3.8, 4) is 0 Å². The second-order valence-electron chi connectivity index (χ2n) is 3.70. The Bertz CT molecular complexity index is 385. The molecule has 2 rings (SSSR count). The third kappa shape index (κ3) is 1.82. The Morgan fingerprint density at radius 2 is 2.29 bits per heavy atom. The number of halogens is 1. The van der Waals surface area contributed by atoms with E-state index in [-0.39, 0.29) is 0 Å². The molecule has 3 heteroatoms. The van der Waals surface area contributed by atoms with Gasteiger partial charge in [0.2, 0.25) is 0 Å². The van der Waals surface area contributed by atoms with Crippen molar-refractivity contribution in [3.05, 3.63) is 33.8 Å². The van der Waals surface area contributed by atoms with E-state index < -0.39 is 0 Å². The molecule has 0 aliphatic carbocycles. The Kier molecular flexibility index (Phi) is 2.59. The number of rotatable bonds is 1. The van der Waals surface area contributed by atoms with Gasteiger partial charge >= 0.3 is 0 Å². The van der Waals surface area contributed by atoms with E-state index in [1.165, 1.54) is 5.56 Å². The highest BCUT2D eigenvalue weighted by Crippen LogP contribution is 2.18. The summed E-state index contributed by atoms with van der Waals surface area (Å²) in [6.45, 7) is 5.10. The van der Waals surface area contributed by atoms with E-state index in [9.17, 15) is 0 Å². The van der Waals surface area contributed by atoms with E-state index in [1.54, 1.807) is 0 Å². The second-order valence-corrected chi connectivity index (χ2v) is 4.55. The highest BCUT2D eigenvalue weighted by Gasteiger charge is 2.14. The summed E-state index contributed by atoms with van der Waals surface area (Å²) in [5, 5.41) is 3.35. The highest BCUT2D eigenvalue weighted by molar-refractivity contribution is 9.10. The molecule has 14 heavy (non-hydrogen) atoms.